The van der Waals surface area contributed by atoms with E-state index in [2.05, 4.69) is 4.74 Å². The van der Waals surface area contributed by atoms with Crippen molar-refractivity contribution in [2.75, 3.05) is 13.7 Å². The first kappa shape index (κ1) is 14.4. The smallest absolute Gasteiger partial charge is 0.337 e. The molecule has 0 aliphatic carbocycles. The van der Waals surface area contributed by atoms with Crippen LogP contribution in [0.3, 0.4) is 0 Å². The Balaban J connectivity index is 2.39. The van der Waals surface area contributed by atoms with Gasteiger partial charge in [-0.25, -0.2) is 13.2 Å². The quantitative estimate of drug-likeness (QED) is 0.831. The summed E-state index contributed by atoms with van der Waals surface area (Å²) in [5.41, 5.74) is 6.94. The molecule has 1 heterocycles. The Morgan fingerprint density at radius 2 is 1.90 bits per heavy atom. The van der Waals surface area contributed by atoms with Crippen molar-refractivity contribution in [1.29, 1.82) is 0 Å². The number of sulfonamides is 1. The van der Waals surface area contributed by atoms with Gasteiger partial charge in [-0.2, -0.15) is 0 Å². The average Bonchev–Trinajstić information content (AvgIpc) is 2.81. The van der Waals surface area contributed by atoms with Gasteiger partial charge in [0.1, 0.15) is 5.82 Å². The SMILES string of the molecule is COC(=O)C1=C(N)N(S(=O)(=O)c2ccc(C)cc2)CC1. The highest BCUT2D eigenvalue weighted by Gasteiger charge is 2.34. The predicted molar refractivity (Wildman–Crippen MR) is 72.9 cm³/mol. The second-order valence-electron chi connectivity index (χ2n) is 4.50. The highest BCUT2D eigenvalue weighted by atomic mass is 32.2. The molecule has 1 aliphatic rings. The number of nitrogens with two attached hydrogens (primary N) is 1. The highest BCUT2D eigenvalue weighted by Crippen LogP contribution is 2.27. The van der Waals surface area contributed by atoms with E-state index in [0.717, 1.165) is 9.87 Å². The molecule has 0 saturated heterocycles. The molecule has 108 valence electrons. The van der Waals surface area contributed by atoms with Gasteiger partial charge in [0.15, 0.2) is 0 Å². The van der Waals surface area contributed by atoms with Crippen LogP contribution >= 0.6 is 0 Å². The molecule has 0 aromatic heterocycles. The van der Waals surface area contributed by atoms with Crippen molar-refractivity contribution in [3.8, 4) is 0 Å². The van der Waals surface area contributed by atoms with Crippen molar-refractivity contribution < 1.29 is 17.9 Å². The number of ether oxygens (including phenoxy) is 1. The van der Waals surface area contributed by atoms with Gasteiger partial charge in [-0.1, -0.05) is 17.7 Å². The van der Waals surface area contributed by atoms with Gasteiger partial charge < -0.3 is 10.5 Å². The van der Waals surface area contributed by atoms with E-state index in [4.69, 9.17) is 5.73 Å². The van der Waals surface area contributed by atoms with Crippen molar-refractivity contribution >= 4 is 16.0 Å². The van der Waals surface area contributed by atoms with Crippen LogP contribution in [0, 0.1) is 6.92 Å². The maximum absolute atomic E-state index is 12.5. The molecule has 6 nitrogen and oxygen atoms in total. The summed E-state index contributed by atoms with van der Waals surface area (Å²) in [6.07, 6.45) is 0.254. The number of carbonyl (C=O) groups excluding carboxylic acids is 1. The van der Waals surface area contributed by atoms with Crippen molar-refractivity contribution in [3.63, 3.8) is 0 Å². The van der Waals surface area contributed by atoms with E-state index < -0.39 is 16.0 Å². The molecular weight excluding hydrogens is 280 g/mol. The zero-order valence-corrected chi connectivity index (χ0v) is 12.1. The molecule has 0 amide bonds. The van der Waals surface area contributed by atoms with Gasteiger partial charge in [-0.15, -0.1) is 0 Å². The van der Waals surface area contributed by atoms with E-state index in [-0.39, 0.29) is 29.3 Å². The van der Waals surface area contributed by atoms with E-state index in [9.17, 15) is 13.2 Å². The van der Waals surface area contributed by atoms with E-state index in [0.29, 0.717) is 0 Å². The first-order chi connectivity index (χ1) is 9.37. The van der Waals surface area contributed by atoms with Crippen molar-refractivity contribution in [2.24, 2.45) is 5.73 Å². The van der Waals surface area contributed by atoms with Crippen LogP contribution in [0.25, 0.3) is 0 Å². The summed E-state index contributed by atoms with van der Waals surface area (Å²) in [6.45, 7) is 2.02. The number of benzene rings is 1. The molecule has 1 aliphatic heterocycles. The Bertz CT molecular complexity index is 662. The summed E-state index contributed by atoms with van der Waals surface area (Å²) in [4.78, 5) is 11.6. The third-order valence-corrected chi connectivity index (χ3v) is 5.01. The molecule has 0 atom stereocenters. The van der Waals surface area contributed by atoms with Gasteiger partial charge in [0.25, 0.3) is 10.0 Å². The Hall–Kier alpha value is -2.02. The van der Waals surface area contributed by atoms with Crippen LogP contribution in [0.5, 0.6) is 0 Å². The first-order valence-electron chi connectivity index (χ1n) is 6.04. The second-order valence-corrected chi connectivity index (χ2v) is 6.36. The lowest BCUT2D eigenvalue weighted by molar-refractivity contribution is -0.136. The van der Waals surface area contributed by atoms with Gasteiger partial charge in [-0.05, 0) is 19.1 Å². The lowest BCUT2D eigenvalue weighted by Gasteiger charge is -2.19. The summed E-state index contributed by atoms with van der Waals surface area (Å²) in [6, 6.07) is 6.47. The van der Waals surface area contributed by atoms with Gasteiger partial charge in [0.05, 0.1) is 17.6 Å². The maximum atomic E-state index is 12.5. The summed E-state index contributed by atoms with van der Waals surface area (Å²) in [7, 11) is -2.50. The molecule has 2 rings (SSSR count). The van der Waals surface area contributed by atoms with Gasteiger partial charge >= 0.3 is 5.97 Å². The molecule has 20 heavy (non-hydrogen) atoms. The molecule has 7 heteroatoms. The largest absolute Gasteiger partial charge is 0.466 e. The highest BCUT2D eigenvalue weighted by molar-refractivity contribution is 7.89. The third-order valence-electron chi connectivity index (χ3n) is 3.18. The molecule has 0 spiro atoms. The molecule has 0 unspecified atom stereocenters. The number of hydrogen-bond donors (Lipinski definition) is 1. The van der Waals surface area contributed by atoms with Crippen LogP contribution in [-0.4, -0.2) is 32.3 Å². The van der Waals surface area contributed by atoms with Crippen LogP contribution in [0.15, 0.2) is 40.6 Å². The molecule has 0 saturated carbocycles. The van der Waals surface area contributed by atoms with Crippen LogP contribution in [0.1, 0.15) is 12.0 Å². The average molecular weight is 296 g/mol. The number of nitrogens with zero attached hydrogens (tertiary/aromatic N) is 1. The minimum absolute atomic E-state index is 0.0579. The lowest BCUT2D eigenvalue weighted by atomic mass is 10.2. The fourth-order valence-electron chi connectivity index (χ4n) is 2.03. The Morgan fingerprint density at radius 3 is 2.45 bits per heavy atom. The number of carbonyl (C=O) groups is 1. The molecule has 1 aromatic rings. The number of aryl methyl sites for hydroxylation is 1. The fraction of sp³-hybridized carbons (Fsp3) is 0.308. The molecule has 0 bridgehead atoms. The number of esters is 1. The monoisotopic (exact) mass is 296 g/mol. The summed E-state index contributed by atoms with van der Waals surface area (Å²) in [5.74, 6) is -0.651. The van der Waals surface area contributed by atoms with E-state index in [1.165, 1.54) is 19.2 Å². The van der Waals surface area contributed by atoms with Crippen molar-refractivity contribution in [2.45, 2.75) is 18.2 Å². The number of methoxy groups -OCH3 is 1. The third kappa shape index (κ3) is 2.36. The van der Waals surface area contributed by atoms with Crippen molar-refractivity contribution in [1.82, 2.24) is 4.31 Å². The molecule has 1 aromatic carbocycles. The van der Waals surface area contributed by atoms with Crippen LogP contribution in [0.2, 0.25) is 0 Å². The Kier molecular flexibility index (Phi) is 3.71. The molecule has 0 radical (unpaired) electrons. The minimum Gasteiger partial charge on any atom is -0.466 e. The summed E-state index contributed by atoms with van der Waals surface area (Å²) >= 11 is 0. The zero-order valence-electron chi connectivity index (χ0n) is 11.3. The van der Waals surface area contributed by atoms with E-state index in [1.807, 2.05) is 6.92 Å². The topological polar surface area (TPSA) is 89.7 Å². The number of hydrogen-bond acceptors (Lipinski definition) is 5. The molecule has 2 N–H and O–H groups in total. The molecular formula is C13H16N2O4S. The Morgan fingerprint density at radius 1 is 1.30 bits per heavy atom. The predicted octanol–water partition coefficient (Wildman–Crippen LogP) is 0.733. The van der Waals surface area contributed by atoms with Crippen LogP contribution in [0.4, 0.5) is 0 Å². The minimum atomic E-state index is -3.74. The fourth-order valence-corrected chi connectivity index (χ4v) is 3.46. The van der Waals surface area contributed by atoms with Crippen LogP contribution < -0.4 is 5.73 Å². The van der Waals surface area contributed by atoms with E-state index in [1.54, 1.807) is 12.1 Å². The maximum Gasteiger partial charge on any atom is 0.337 e. The van der Waals surface area contributed by atoms with Crippen LogP contribution in [-0.2, 0) is 19.6 Å². The zero-order chi connectivity index (χ0) is 14.9. The second kappa shape index (κ2) is 5.16. The normalized spacial score (nSPS) is 15.6. The summed E-state index contributed by atoms with van der Waals surface area (Å²) < 4.78 is 30.6. The standard InChI is InChI=1S/C13H16N2O4S/c1-9-3-5-10(6-4-9)20(17,18)15-8-7-11(12(15)14)13(16)19-2/h3-6H,7-8,14H2,1-2H3. The van der Waals surface area contributed by atoms with Gasteiger partial charge in [0.2, 0.25) is 0 Å². The number of rotatable bonds is 3. The van der Waals surface area contributed by atoms with Crippen molar-refractivity contribution in [3.05, 3.63) is 41.2 Å². The van der Waals surface area contributed by atoms with E-state index >= 15 is 0 Å². The first-order valence-corrected chi connectivity index (χ1v) is 7.48. The lowest BCUT2D eigenvalue weighted by Crippen LogP contribution is -2.31. The molecule has 0 fully saturated rings. The Labute approximate surface area is 117 Å². The van der Waals surface area contributed by atoms with Gasteiger partial charge in [-0.3, -0.25) is 4.31 Å². The van der Waals surface area contributed by atoms with Gasteiger partial charge in [0, 0.05) is 13.0 Å². The summed E-state index contributed by atoms with van der Waals surface area (Å²) in [5, 5.41) is 0.